The van der Waals surface area contributed by atoms with Crippen molar-refractivity contribution in [1.29, 1.82) is 0 Å². The van der Waals surface area contributed by atoms with Gasteiger partial charge in [0.25, 0.3) is 11.6 Å². The van der Waals surface area contributed by atoms with Gasteiger partial charge in [-0.25, -0.2) is 4.79 Å². The van der Waals surface area contributed by atoms with E-state index in [9.17, 15) is 19.7 Å². The number of nitrogens with one attached hydrogen (secondary N) is 3. The van der Waals surface area contributed by atoms with Crippen LogP contribution in [-0.2, 0) is 4.79 Å². The van der Waals surface area contributed by atoms with Gasteiger partial charge in [0.1, 0.15) is 0 Å². The first-order valence-corrected chi connectivity index (χ1v) is 8.75. The molecule has 1 aliphatic rings. The lowest BCUT2D eigenvalue weighted by atomic mass is 9.94. The van der Waals surface area contributed by atoms with Crippen LogP contribution >= 0.6 is 11.6 Å². The fourth-order valence-corrected chi connectivity index (χ4v) is 3.17. The second-order valence-corrected chi connectivity index (χ2v) is 6.70. The van der Waals surface area contributed by atoms with Crippen molar-refractivity contribution in [3.63, 3.8) is 0 Å². The molecule has 0 aromatic heterocycles. The molecule has 0 spiro atoms. The summed E-state index contributed by atoms with van der Waals surface area (Å²) in [7, 11) is 0. The molecule has 9 heteroatoms. The standard InChI is InChI=1S/C19H17ClN4O4/c1-10-14(20)7-4-8-15(10)22-18(25)16-11(2)21-19(26)23-17(16)12-5-3-6-13(9-12)24(27)28/h3-9,17H,1-2H3,(H,22,25)(H2,21,23,26)/t17-/m0/s1. The van der Waals surface area contributed by atoms with Crippen LogP contribution in [0.2, 0.25) is 5.02 Å². The minimum atomic E-state index is -0.840. The highest BCUT2D eigenvalue weighted by Gasteiger charge is 2.32. The number of rotatable bonds is 4. The number of allylic oxidation sites excluding steroid dienone is 1. The smallest absolute Gasteiger partial charge is 0.319 e. The van der Waals surface area contributed by atoms with Gasteiger partial charge in [-0.05, 0) is 37.1 Å². The fraction of sp³-hybridized carbons (Fsp3) is 0.158. The molecule has 1 heterocycles. The zero-order chi connectivity index (χ0) is 20.4. The van der Waals surface area contributed by atoms with Crippen molar-refractivity contribution in [3.8, 4) is 0 Å². The highest BCUT2D eigenvalue weighted by atomic mass is 35.5. The van der Waals surface area contributed by atoms with Crippen molar-refractivity contribution in [3.05, 3.63) is 80.0 Å². The van der Waals surface area contributed by atoms with Crippen LogP contribution in [0.25, 0.3) is 0 Å². The lowest BCUT2D eigenvalue weighted by Gasteiger charge is -2.28. The van der Waals surface area contributed by atoms with E-state index in [1.807, 2.05) is 0 Å². The number of carbonyl (C=O) groups excluding carboxylic acids is 2. The van der Waals surface area contributed by atoms with Crippen molar-refractivity contribution >= 4 is 34.9 Å². The van der Waals surface area contributed by atoms with E-state index in [-0.39, 0.29) is 11.3 Å². The van der Waals surface area contributed by atoms with E-state index in [0.717, 1.165) is 0 Å². The van der Waals surface area contributed by atoms with Crippen LogP contribution < -0.4 is 16.0 Å². The zero-order valence-corrected chi connectivity index (χ0v) is 15.8. The molecule has 3 rings (SSSR count). The Morgan fingerprint density at radius 3 is 2.64 bits per heavy atom. The Bertz CT molecular complexity index is 1020. The van der Waals surface area contributed by atoms with Crippen molar-refractivity contribution in [2.24, 2.45) is 0 Å². The molecule has 0 unspecified atom stereocenters. The lowest BCUT2D eigenvalue weighted by Crippen LogP contribution is -2.46. The number of halogens is 1. The molecule has 2 aromatic rings. The van der Waals surface area contributed by atoms with Gasteiger partial charge in [-0.15, -0.1) is 0 Å². The second-order valence-electron chi connectivity index (χ2n) is 6.29. The van der Waals surface area contributed by atoms with Gasteiger partial charge in [0.15, 0.2) is 0 Å². The Morgan fingerprint density at radius 1 is 1.21 bits per heavy atom. The monoisotopic (exact) mass is 400 g/mol. The maximum absolute atomic E-state index is 13.0. The third kappa shape index (κ3) is 3.81. The molecule has 3 amide bonds. The van der Waals surface area contributed by atoms with Crippen LogP contribution in [0.1, 0.15) is 24.1 Å². The Balaban J connectivity index is 2.00. The number of urea groups is 1. The van der Waals surface area contributed by atoms with Crippen LogP contribution in [0, 0.1) is 17.0 Å². The summed E-state index contributed by atoms with van der Waals surface area (Å²) in [4.78, 5) is 35.5. The maximum Gasteiger partial charge on any atom is 0.319 e. The van der Waals surface area contributed by atoms with E-state index in [4.69, 9.17) is 11.6 Å². The molecule has 8 nitrogen and oxygen atoms in total. The Morgan fingerprint density at radius 2 is 1.93 bits per heavy atom. The minimum absolute atomic E-state index is 0.131. The summed E-state index contributed by atoms with van der Waals surface area (Å²) in [5.41, 5.74) is 2.14. The molecule has 0 fully saturated rings. The summed E-state index contributed by atoms with van der Waals surface area (Å²) >= 11 is 6.11. The number of hydrogen-bond acceptors (Lipinski definition) is 4. The van der Waals surface area contributed by atoms with Gasteiger partial charge in [0, 0.05) is 28.5 Å². The summed E-state index contributed by atoms with van der Waals surface area (Å²) < 4.78 is 0. The number of nitro groups is 1. The van der Waals surface area contributed by atoms with E-state index in [2.05, 4.69) is 16.0 Å². The predicted molar refractivity (Wildman–Crippen MR) is 105 cm³/mol. The molecule has 1 aliphatic heterocycles. The van der Waals surface area contributed by atoms with Crippen molar-refractivity contribution in [1.82, 2.24) is 10.6 Å². The van der Waals surface area contributed by atoms with Crippen LogP contribution in [0.4, 0.5) is 16.2 Å². The number of non-ortho nitro benzene ring substituents is 1. The Kier molecular flexibility index (Phi) is 5.32. The van der Waals surface area contributed by atoms with Crippen LogP contribution in [-0.4, -0.2) is 16.9 Å². The largest absolute Gasteiger partial charge is 0.327 e. The van der Waals surface area contributed by atoms with Gasteiger partial charge in [0.05, 0.1) is 16.5 Å². The first kappa shape index (κ1) is 19.4. The van der Waals surface area contributed by atoms with E-state index >= 15 is 0 Å². The number of hydrogen-bond donors (Lipinski definition) is 3. The van der Waals surface area contributed by atoms with E-state index in [1.54, 1.807) is 38.1 Å². The number of benzene rings is 2. The summed E-state index contributed by atoms with van der Waals surface area (Å²) in [6.07, 6.45) is 0. The van der Waals surface area contributed by atoms with Gasteiger partial charge in [-0.3, -0.25) is 14.9 Å². The van der Waals surface area contributed by atoms with Crippen LogP contribution in [0.15, 0.2) is 53.7 Å². The molecular weight excluding hydrogens is 384 g/mol. The highest BCUT2D eigenvalue weighted by Crippen LogP contribution is 2.30. The van der Waals surface area contributed by atoms with E-state index < -0.39 is 22.9 Å². The van der Waals surface area contributed by atoms with Gasteiger partial charge >= 0.3 is 6.03 Å². The average molecular weight is 401 g/mol. The first-order valence-electron chi connectivity index (χ1n) is 8.37. The van der Waals surface area contributed by atoms with Gasteiger partial charge in [-0.2, -0.15) is 0 Å². The second kappa shape index (κ2) is 7.69. The molecule has 28 heavy (non-hydrogen) atoms. The molecule has 0 saturated carbocycles. The quantitative estimate of drug-likeness (QED) is 0.534. The van der Waals surface area contributed by atoms with Crippen molar-refractivity contribution < 1.29 is 14.5 Å². The Hall–Kier alpha value is -3.39. The molecule has 144 valence electrons. The molecule has 0 radical (unpaired) electrons. The van der Waals surface area contributed by atoms with Crippen molar-refractivity contribution in [2.75, 3.05) is 5.32 Å². The third-order valence-electron chi connectivity index (χ3n) is 4.44. The molecule has 1 atom stereocenters. The van der Waals surface area contributed by atoms with E-state index in [0.29, 0.717) is 27.5 Å². The normalized spacial score (nSPS) is 16.2. The number of carbonyl (C=O) groups is 2. The molecule has 0 aliphatic carbocycles. The van der Waals surface area contributed by atoms with Crippen LogP contribution in [0.3, 0.4) is 0 Å². The van der Waals surface area contributed by atoms with Crippen LogP contribution in [0.5, 0.6) is 0 Å². The molecule has 0 bridgehead atoms. The molecular formula is C19H17ClN4O4. The SMILES string of the molecule is CC1=C(C(=O)Nc2cccc(Cl)c2C)[C@H](c2cccc([N+](=O)[O-])c2)NC(=O)N1. The number of nitro benzene ring substituents is 1. The fourth-order valence-electron chi connectivity index (χ4n) is 3.00. The summed E-state index contributed by atoms with van der Waals surface area (Å²) in [6.45, 7) is 3.38. The summed E-state index contributed by atoms with van der Waals surface area (Å²) in [5.74, 6) is -0.452. The van der Waals surface area contributed by atoms with Gasteiger partial charge in [0.2, 0.25) is 0 Å². The highest BCUT2D eigenvalue weighted by molar-refractivity contribution is 6.31. The maximum atomic E-state index is 13.0. The lowest BCUT2D eigenvalue weighted by molar-refractivity contribution is -0.384. The predicted octanol–water partition coefficient (Wildman–Crippen LogP) is 3.82. The molecule has 0 saturated heterocycles. The topological polar surface area (TPSA) is 113 Å². The number of nitrogens with zero attached hydrogens (tertiary/aromatic N) is 1. The van der Waals surface area contributed by atoms with Gasteiger partial charge < -0.3 is 16.0 Å². The summed E-state index contributed by atoms with van der Waals surface area (Å²) in [5, 5.41) is 19.6. The Labute approximate surface area is 165 Å². The third-order valence-corrected chi connectivity index (χ3v) is 4.85. The summed E-state index contributed by atoms with van der Waals surface area (Å²) in [6, 6.07) is 9.61. The zero-order valence-electron chi connectivity index (χ0n) is 15.1. The van der Waals surface area contributed by atoms with E-state index in [1.165, 1.54) is 18.2 Å². The van der Waals surface area contributed by atoms with Crippen molar-refractivity contribution in [2.45, 2.75) is 19.9 Å². The molecule has 3 N–H and O–H groups in total. The molecule has 2 aromatic carbocycles. The average Bonchev–Trinajstić information content (AvgIpc) is 2.64. The first-order chi connectivity index (χ1) is 13.3. The minimum Gasteiger partial charge on any atom is -0.327 e. The van der Waals surface area contributed by atoms with Gasteiger partial charge in [-0.1, -0.05) is 29.8 Å². The number of anilines is 1. The number of amides is 3.